The van der Waals surface area contributed by atoms with Crippen molar-refractivity contribution in [3.8, 4) is 0 Å². The van der Waals surface area contributed by atoms with Gasteiger partial charge < -0.3 is 11.1 Å². The number of nitrogens with zero attached hydrogens (tertiary/aromatic N) is 1. The van der Waals surface area contributed by atoms with Crippen molar-refractivity contribution in [3.63, 3.8) is 0 Å². The van der Waals surface area contributed by atoms with Gasteiger partial charge in [0.15, 0.2) is 0 Å². The van der Waals surface area contributed by atoms with Crippen LogP contribution in [0, 0.1) is 5.92 Å². The summed E-state index contributed by atoms with van der Waals surface area (Å²) in [6, 6.07) is 0. The summed E-state index contributed by atoms with van der Waals surface area (Å²) in [5.74, 6) is 0.616. The SMILES string of the molecule is NCCc1nc(C(=O)NCC2CCCCC2)cs1. The number of thiazole rings is 1. The van der Waals surface area contributed by atoms with Crippen molar-refractivity contribution in [1.29, 1.82) is 0 Å². The van der Waals surface area contributed by atoms with Gasteiger partial charge >= 0.3 is 0 Å². The first-order chi connectivity index (χ1) is 8.79. The summed E-state index contributed by atoms with van der Waals surface area (Å²) < 4.78 is 0. The van der Waals surface area contributed by atoms with E-state index in [1.54, 1.807) is 0 Å². The molecule has 1 aliphatic rings. The van der Waals surface area contributed by atoms with Crippen molar-refractivity contribution in [3.05, 3.63) is 16.1 Å². The maximum Gasteiger partial charge on any atom is 0.270 e. The Morgan fingerprint density at radius 1 is 1.44 bits per heavy atom. The van der Waals surface area contributed by atoms with Gasteiger partial charge in [-0.25, -0.2) is 4.98 Å². The van der Waals surface area contributed by atoms with E-state index >= 15 is 0 Å². The highest BCUT2D eigenvalue weighted by Gasteiger charge is 2.16. The van der Waals surface area contributed by atoms with Crippen LogP contribution in [0.15, 0.2) is 5.38 Å². The predicted octanol–water partition coefficient (Wildman–Crippen LogP) is 1.95. The standard InChI is InChI=1S/C13H21N3OS/c14-7-6-12-16-11(9-18-12)13(17)15-8-10-4-2-1-3-5-10/h9-10H,1-8,14H2,(H,15,17). The van der Waals surface area contributed by atoms with Gasteiger partial charge in [0.05, 0.1) is 5.01 Å². The van der Waals surface area contributed by atoms with E-state index in [2.05, 4.69) is 10.3 Å². The molecule has 0 radical (unpaired) electrons. The zero-order valence-electron chi connectivity index (χ0n) is 10.7. The summed E-state index contributed by atoms with van der Waals surface area (Å²) in [6.07, 6.45) is 7.20. The number of amides is 1. The van der Waals surface area contributed by atoms with Crippen molar-refractivity contribution in [1.82, 2.24) is 10.3 Å². The van der Waals surface area contributed by atoms with Gasteiger partial charge in [0.25, 0.3) is 5.91 Å². The molecule has 1 aliphatic carbocycles. The molecule has 1 saturated carbocycles. The molecular formula is C13H21N3OS. The molecule has 5 heteroatoms. The summed E-state index contributed by atoms with van der Waals surface area (Å²) in [5.41, 5.74) is 6.01. The zero-order valence-corrected chi connectivity index (χ0v) is 11.5. The molecule has 0 atom stereocenters. The van der Waals surface area contributed by atoms with Gasteiger partial charge in [-0.15, -0.1) is 11.3 Å². The zero-order chi connectivity index (χ0) is 12.8. The van der Waals surface area contributed by atoms with Crippen LogP contribution in [0.25, 0.3) is 0 Å². The average molecular weight is 267 g/mol. The van der Waals surface area contributed by atoms with Crippen LogP contribution in [-0.2, 0) is 6.42 Å². The lowest BCUT2D eigenvalue weighted by atomic mass is 9.89. The van der Waals surface area contributed by atoms with E-state index in [0.717, 1.165) is 18.0 Å². The second kappa shape index (κ2) is 6.85. The number of aromatic nitrogens is 1. The van der Waals surface area contributed by atoms with Crippen LogP contribution in [0.5, 0.6) is 0 Å². The summed E-state index contributed by atoms with van der Waals surface area (Å²) >= 11 is 1.51. The first-order valence-electron chi connectivity index (χ1n) is 6.72. The van der Waals surface area contributed by atoms with E-state index in [0.29, 0.717) is 18.2 Å². The first-order valence-corrected chi connectivity index (χ1v) is 7.60. The molecule has 0 unspecified atom stereocenters. The minimum atomic E-state index is -0.0416. The van der Waals surface area contributed by atoms with Gasteiger partial charge in [-0.2, -0.15) is 0 Å². The normalized spacial score (nSPS) is 16.7. The van der Waals surface area contributed by atoms with Crippen LogP contribution in [0.3, 0.4) is 0 Å². The van der Waals surface area contributed by atoms with Gasteiger partial charge in [0.1, 0.15) is 5.69 Å². The maximum absolute atomic E-state index is 11.9. The molecule has 1 heterocycles. The van der Waals surface area contributed by atoms with Gasteiger partial charge in [-0.05, 0) is 25.3 Å². The van der Waals surface area contributed by atoms with Crippen LogP contribution in [0.2, 0.25) is 0 Å². The number of hydrogen-bond donors (Lipinski definition) is 2. The molecule has 1 aromatic heterocycles. The molecule has 3 N–H and O–H groups in total. The van der Waals surface area contributed by atoms with Crippen LogP contribution in [0.4, 0.5) is 0 Å². The first kappa shape index (κ1) is 13.5. The Hall–Kier alpha value is -0.940. The largest absolute Gasteiger partial charge is 0.350 e. The van der Waals surface area contributed by atoms with E-state index in [1.165, 1.54) is 43.4 Å². The fourth-order valence-corrected chi connectivity index (χ4v) is 3.17. The molecule has 0 bridgehead atoms. The lowest BCUT2D eigenvalue weighted by Gasteiger charge is -2.21. The third-order valence-corrected chi connectivity index (χ3v) is 4.33. The van der Waals surface area contributed by atoms with Crippen LogP contribution < -0.4 is 11.1 Å². The lowest BCUT2D eigenvalue weighted by molar-refractivity contribution is 0.0939. The minimum absolute atomic E-state index is 0.0416. The number of hydrogen-bond acceptors (Lipinski definition) is 4. The Balaban J connectivity index is 1.79. The third-order valence-electron chi connectivity index (χ3n) is 3.42. The minimum Gasteiger partial charge on any atom is -0.350 e. The Kier molecular flexibility index (Phi) is 5.13. The van der Waals surface area contributed by atoms with Gasteiger partial charge in [-0.3, -0.25) is 4.79 Å². The molecule has 1 amide bonds. The molecule has 1 fully saturated rings. The highest BCUT2D eigenvalue weighted by atomic mass is 32.1. The Morgan fingerprint density at radius 2 is 2.22 bits per heavy atom. The average Bonchev–Trinajstić information content (AvgIpc) is 2.86. The third kappa shape index (κ3) is 3.78. The van der Waals surface area contributed by atoms with E-state index in [9.17, 15) is 4.79 Å². The highest BCUT2D eigenvalue weighted by Crippen LogP contribution is 2.22. The molecule has 0 spiro atoms. The molecule has 100 valence electrons. The van der Waals surface area contributed by atoms with Crippen molar-refractivity contribution in [2.24, 2.45) is 11.7 Å². The maximum atomic E-state index is 11.9. The Labute approximate surface area is 112 Å². The van der Waals surface area contributed by atoms with Gasteiger partial charge in [0.2, 0.25) is 0 Å². The van der Waals surface area contributed by atoms with Gasteiger partial charge in [0, 0.05) is 18.3 Å². The molecule has 2 rings (SSSR count). The highest BCUT2D eigenvalue weighted by molar-refractivity contribution is 7.09. The quantitative estimate of drug-likeness (QED) is 0.857. The molecule has 1 aromatic rings. The monoisotopic (exact) mass is 267 g/mol. The van der Waals surface area contributed by atoms with Crippen LogP contribution in [0.1, 0.15) is 47.6 Å². The number of carbonyl (C=O) groups excluding carboxylic acids is 1. The lowest BCUT2D eigenvalue weighted by Crippen LogP contribution is -2.30. The number of nitrogens with one attached hydrogen (secondary N) is 1. The van der Waals surface area contributed by atoms with Crippen molar-refractivity contribution in [2.45, 2.75) is 38.5 Å². The molecule has 18 heavy (non-hydrogen) atoms. The van der Waals surface area contributed by atoms with E-state index in [1.807, 2.05) is 5.38 Å². The number of carbonyl (C=O) groups is 1. The fourth-order valence-electron chi connectivity index (χ4n) is 2.37. The molecular weight excluding hydrogens is 246 g/mol. The van der Waals surface area contributed by atoms with E-state index in [4.69, 9.17) is 5.73 Å². The molecule has 0 saturated heterocycles. The fraction of sp³-hybridized carbons (Fsp3) is 0.692. The molecule has 0 aromatic carbocycles. The molecule has 4 nitrogen and oxygen atoms in total. The molecule has 0 aliphatic heterocycles. The second-order valence-corrected chi connectivity index (χ2v) is 5.82. The van der Waals surface area contributed by atoms with Crippen LogP contribution in [-0.4, -0.2) is 24.0 Å². The van der Waals surface area contributed by atoms with E-state index < -0.39 is 0 Å². The van der Waals surface area contributed by atoms with E-state index in [-0.39, 0.29) is 5.91 Å². The predicted molar refractivity (Wildman–Crippen MR) is 73.8 cm³/mol. The Bertz CT molecular complexity index is 385. The Morgan fingerprint density at radius 3 is 2.94 bits per heavy atom. The van der Waals surface area contributed by atoms with Crippen molar-refractivity contribution < 1.29 is 4.79 Å². The smallest absolute Gasteiger partial charge is 0.270 e. The van der Waals surface area contributed by atoms with Gasteiger partial charge in [-0.1, -0.05) is 19.3 Å². The number of nitrogens with two attached hydrogens (primary N) is 1. The summed E-state index contributed by atoms with van der Waals surface area (Å²) in [4.78, 5) is 16.2. The van der Waals surface area contributed by atoms with Crippen LogP contribution >= 0.6 is 11.3 Å². The second-order valence-electron chi connectivity index (χ2n) is 4.88. The van der Waals surface area contributed by atoms with Crippen molar-refractivity contribution >= 4 is 17.2 Å². The summed E-state index contributed by atoms with van der Waals surface area (Å²) in [7, 11) is 0. The topological polar surface area (TPSA) is 68.0 Å². The van der Waals surface area contributed by atoms with Crippen molar-refractivity contribution in [2.75, 3.05) is 13.1 Å². The summed E-state index contributed by atoms with van der Waals surface area (Å²) in [5, 5.41) is 5.76. The number of rotatable bonds is 5. The summed E-state index contributed by atoms with van der Waals surface area (Å²) in [6.45, 7) is 1.37.